The molecular weight excluding hydrogens is 344 g/mol. The van der Waals surface area contributed by atoms with Crippen LogP contribution in [0.2, 0.25) is 0 Å². The van der Waals surface area contributed by atoms with Gasteiger partial charge in [0.2, 0.25) is 5.91 Å². The van der Waals surface area contributed by atoms with Crippen molar-refractivity contribution in [2.75, 3.05) is 11.9 Å². The lowest BCUT2D eigenvalue weighted by Crippen LogP contribution is -2.32. The third kappa shape index (κ3) is 5.07. The molecule has 0 radical (unpaired) electrons. The van der Waals surface area contributed by atoms with Crippen LogP contribution in [-0.2, 0) is 4.79 Å². The van der Waals surface area contributed by atoms with Crippen molar-refractivity contribution in [2.24, 2.45) is 0 Å². The second-order valence-electron chi connectivity index (χ2n) is 5.40. The molecule has 0 aliphatic rings. The van der Waals surface area contributed by atoms with E-state index in [4.69, 9.17) is 0 Å². The van der Waals surface area contributed by atoms with E-state index in [1.54, 1.807) is 24.3 Å². The second kappa shape index (κ2) is 8.65. The van der Waals surface area contributed by atoms with Crippen molar-refractivity contribution in [1.29, 1.82) is 0 Å². The standard InChI is InChI=1S/C21H16N2O2S/c24-20(15-22-21(25)19-10-5-13-26-19)23-18-9-4-8-17(14-18)12-11-16-6-2-1-3-7-16/h1-10,13-14H,15H2,(H,22,25)(H,23,24). The van der Waals surface area contributed by atoms with Crippen LogP contribution in [0.5, 0.6) is 0 Å². The molecule has 2 aromatic carbocycles. The zero-order valence-corrected chi connectivity index (χ0v) is 14.7. The van der Waals surface area contributed by atoms with Crippen molar-refractivity contribution >= 4 is 28.8 Å². The number of rotatable bonds is 4. The van der Waals surface area contributed by atoms with Gasteiger partial charge in [0.1, 0.15) is 0 Å². The van der Waals surface area contributed by atoms with Gasteiger partial charge < -0.3 is 10.6 Å². The molecule has 5 heteroatoms. The van der Waals surface area contributed by atoms with E-state index in [0.717, 1.165) is 11.1 Å². The zero-order valence-electron chi connectivity index (χ0n) is 13.9. The molecule has 0 spiro atoms. The van der Waals surface area contributed by atoms with E-state index in [-0.39, 0.29) is 18.4 Å². The Balaban J connectivity index is 1.57. The highest BCUT2D eigenvalue weighted by Gasteiger charge is 2.08. The summed E-state index contributed by atoms with van der Waals surface area (Å²) in [7, 11) is 0. The number of hydrogen-bond donors (Lipinski definition) is 2. The Labute approximate surface area is 155 Å². The number of carbonyl (C=O) groups excluding carboxylic acids is 2. The summed E-state index contributed by atoms with van der Waals surface area (Å²) >= 11 is 1.33. The first-order valence-corrected chi connectivity index (χ1v) is 8.87. The van der Waals surface area contributed by atoms with Crippen LogP contribution in [0.25, 0.3) is 0 Å². The lowest BCUT2D eigenvalue weighted by atomic mass is 10.1. The Kier molecular flexibility index (Phi) is 5.81. The molecule has 0 aliphatic heterocycles. The molecule has 2 N–H and O–H groups in total. The van der Waals surface area contributed by atoms with Crippen LogP contribution in [0, 0.1) is 11.8 Å². The predicted molar refractivity (Wildman–Crippen MR) is 104 cm³/mol. The van der Waals surface area contributed by atoms with Gasteiger partial charge in [-0.3, -0.25) is 9.59 Å². The minimum atomic E-state index is -0.289. The van der Waals surface area contributed by atoms with Crippen LogP contribution in [0.4, 0.5) is 5.69 Å². The molecule has 1 heterocycles. The van der Waals surface area contributed by atoms with Gasteiger partial charge in [-0.2, -0.15) is 0 Å². The number of benzene rings is 2. The molecule has 2 amide bonds. The molecule has 0 bridgehead atoms. The molecule has 26 heavy (non-hydrogen) atoms. The lowest BCUT2D eigenvalue weighted by Gasteiger charge is -2.06. The van der Waals surface area contributed by atoms with Crippen LogP contribution in [-0.4, -0.2) is 18.4 Å². The molecule has 0 unspecified atom stereocenters. The number of amides is 2. The maximum Gasteiger partial charge on any atom is 0.261 e. The Morgan fingerprint density at radius 2 is 1.65 bits per heavy atom. The summed E-state index contributed by atoms with van der Waals surface area (Å²) in [4.78, 5) is 24.4. The normalized spacial score (nSPS) is 9.69. The summed E-state index contributed by atoms with van der Waals surface area (Å²) in [6.45, 7) is -0.0867. The zero-order chi connectivity index (χ0) is 18.2. The first-order valence-electron chi connectivity index (χ1n) is 7.99. The van der Waals surface area contributed by atoms with Gasteiger partial charge in [-0.05, 0) is 41.8 Å². The molecule has 4 nitrogen and oxygen atoms in total. The molecule has 3 aromatic rings. The van der Waals surface area contributed by atoms with Crippen molar-refractivity contribution in [3.63, 3.8) is 0 Å². The molecule has 1 aromatic heterocycles. The van der Waals surface area contributed by atoms with Gasteiger partial charge in [0.15, 0.2) is 0 Å². The molecular formula is C21H16N2O2S. The summed E-state index contributed by atoms with van der Waals surface area (Å²) in [5.74, 6) is 5.61. The summed E-state index contributed by atoms with van der Waals surface area (Å²) in [5.41, 5.74) is 2.37. The summed E-state index contributed by atoms with van der Waals surface area (Å²) < 4.78 is 0. The monoisotopic (exact) mass is 360 g/mol. The van der Waals surface area contributed by atoms with Gasteiger partial charge in [0.25, 0.3) is 5.91 Å². The van der Waals surface area contributed by atoms with E-state index in [0.29, 0.717) is 10.6 Å². The number of hydrogen-bond acceptors (Lipinski definition) is 3. The number of carbonyl (C=O) groups is 2. The molecule has 128 valence electrons. The fourth-order valence-electron chi connectivity index (χ4n) is 2.20. The van der Waals surface area contributed by atoms with Crippen molar-refractivity contribution in [1.82, 2.24) is 5.32 Å². The SMILES string of the molecule is O=C(CNC(=O)c1cccs1)Nc1cccc(C#Cc2ccccc2)c1. The third-order valence-corrected chi connectivity index (χ3v) is 4.29. The van der Waals surface area contributed by atoms with E-state index in [9.17, 15) is 9.59 Å². The minimum absolute atomic E-state index is 0.0867. The predicted octanol–water partition coefficient (Wildman–Crippen LogP) is 3.52. The maximum atomic E-state index is 12.0. The van der Waals surface area contributed by atoms with Crippen molar-refractivity contribution in [2.45, 2.75) is 0 Å². The Bertz CT molecular complexity index is 954. The van der Waals surface area contributed by atoms with Gasteiger partial charge in [0, 0.05) is 16.8 Å². The summed E-state index contributed by atoms with van der Waals surface area (Å²) in [5, 5.41) is 7.18. The largest absolute Gasteiger partial charge is 0.342 e. The average molecular weight is 360 g/mol. The van der Waals surface area contributed by atoms with Gasteiger partial charge in [-0.1, -0.05) is 42.2 Å². The quantitative estimate of drug-likeness (QED) is 0.700. The Hall–Kier alpha value is -3.36. The topological polar surface area (TPSA) is 58.2 Å². The second-order valence-corrected chi connectivity index (χ2v) is 6.35. The number of thiophene rings is 1. The number of nitrogens with one attached hydrogen (secondary N) is 2. The van der Waals surface area contributed by atoms with Crippen LogP contribution >= 0.6 is 11.3 Å². The van der Waals surface area contributed by atoms with Crippen LogP contribution in [0.15, 0.2) is 72.1 Å². The van der Waals surface area contributed by atoms with Gasteiger partial charge in [-0.15, -0.1) is 11.3 Å². The van der Waals surface area contributed by atoms with E-state index in [1.807, 2.05) is 47.8 Å². The maximum absolute atomic E-state index is 12.0. The highest BCUT2D eigenvalue weighted by Crippen LogP contribution is 2.10. The highest BCUT2D eigenvalue weighted by molar-refractivity contribution is 7.12. The molecule has 0 saturated heterocycles. The Morgan fingerprint density at radius 3 is 2.42 bits per heavy atom. The molecule has 0 atom stereocenters. The lowest BCUT2D eigenvalue weighted by molar-refractivity contribution is -0.115. The molecule has 0 saturated carbocycles. The van der Waals surface area contributed by atoms with Crippen LogP contribution < -0.4 is 10.6 Å². The van der Waals surface area contributed by atoms with E-state index < -0.39 is 0 Å². The van der Waals surface area contributed by atoms with E-state index >= 15 is 0 Å². The first-order chi connectivity index (χ1) is 12.7. The first kappa shape index (κ1) is 17.5. The van der Waals surface area contributed by atoms with Gasteiger partial charge in [0.05, 0.1) is 11.4 Å². The molecule has 3 rings (SSSR count). The van der Waals surface area contributed by atoms with Crippen LogP contribution in [0.1, 0.15) is 20.8 Å². The third-order valence-electron chi connectivity index (χ3n) is 3.43. The molecule has 0 aliphatic carbocycles. The van der Waals surface area contributed by atoms with Gasteiger partial charge in [-0.25, -0.2) is 0 Å². The highest BCUT2D eigenvalue weighted by atomic mass is 32.1. The van der Waals surface area contributed by atoms with E-state index in [1.165, 1.54) is 11.3 Å². The average Bonchev–Trinajstić information content (AvgIpc) is 3.20. The summed E-state index contributed by atoms with van der Waals surface area (Å²) in [6, 6.07) is 20.5. The Morgan fingerprint density at radius 1 is 0.885 bits per heavy atom. The van der Waals surface area contributed by atoms with Gasteiger partial charge >= 0.3 is 0 Å². The fraction of sp³-hybridized carbons (Fsp3) is 0.0476. The van der Waals surface area contributed by atoms with Crippen molar-refractivity contribution in [3.05, 3.63) is 88.1 Å². The summed E-state index contributed by atoms with van der Waals surface area (Å²) in [6.07, 6.45) is 0. The van der Waals surface area contributed by atoms with Crippen LogP contribution in [0.3, 0.4) is 0 Å². The minimum Gasteiger partial charge on any atom is -0.342 e. The fourth-order valence-corrected chi connectivity index (χ4v) is 2.84. The van der Waals surface area contributed by atoms with Crippen molar-refractivity contribution < 1.29 is 9.59 Å². The number of anilines is 1. The molecule has 0 fully saturated rings. The van der Waals surface area contributed by atoms with Crippen molar-refractivity contribution in [3.8, 4) is 11.8 Å². The smallest absolute Gasteiger partial charge is 0.261 e. The van der Waals surface area contributed by atoms with E-state index in [2.05, 4.69) is 22.5 Å².